The molecule has 0 aromatic heterocycles. The molecular formula is C12H10BrClO2. The van der Waals surface area contributed by atoms with Crippen LogP contribution >= 0.6 is 27.5 Å². The van der Waals surface area contributed by atoms with Crippen molar-refractivity contribution < 1.29 is 9.59 Å². The molecule has 4 heteroatoms. The van der Waals surface area contributed by atoms with Crippen LogP contribution in [-0.4, -0.2) is 11.6 Å². The number of hydrogen-bond acceptors (Lipinski definition) is 2. The second kappa shape index (κ2) is 4.68. The highest BCUT2D eigenvalue weighted by atomic mass is 79.9. The first kappa shape index (κ1) is 11.8. The minimum atomic E-state index is 0.000363. The van der Waals surface area contributed by atoms with E-state index in [0.29, 0.717) is 17.9 Å². The highest BCUT2D eigenvalue weighted by molar-refractivity contribution is 9.10. The molecule has 0 bridgehead atoms. The van der Waals surface area contributed by atoms with Gasteiger partial charge in [-0.05, 0) is 23.6 Å². The van der Waals surface area contributed by atoms with Gasteiger partial charge in [0.1, 0.15) is 11.6 Å². The van der Waals surface area contributed by atoms with Gasteiger partial charge in [0.2, 0.25) is 0 Å². The molecule has 2 nitrogen and oxygen atoms in total. The topological polar surface area (TPSA) is 34.1 Å². The first-order chi connectivity index (χ1) is 7.56. The van der Waals surface area contributed by atoms with Crippen LogP contribution in [0.5, 0.6) is 0 Å². The summed E-state index contributed by atoms with van der Waals surface area (Å²) in [7, 11) is 0. The van der Waals surface area contributed by atoms with Crippen LogP contribution in [0.4, 0.5) is 0 Å². The average molecular weight is 302 g/mol. The van der Waals surface area contributed by atoms with Gasteiger partial charge in [0.15, 0.2) is 0 Å². The van der Waals surface area contributed by atoms with Crippen molar-refractivity contribution in [3.05, 3.63) is 33.3 Å². The second-order valence-corrected chi connectivity index (χ2v) is 5.32. The molecule has 1 fully saturated rings. The smallest absolute Gasteiger partial charge is 0.140 e. The number of ketones is 2. The summed E-state index contributed by atoms with van der Waals surface area (Å²) in [6.07, 6.45) is 1.000. The van der Waals surface area contributed by atoms with Crippen molar-refractivity contribution in [3.63, 3.8) is 0 Å². The molecule has 0 heterocycles. The molecule has 0 unspecified atom stereocenters. The van der Waals surface area contributed by atoms with Gasteiger partial charge in [-0.15, -0.1) is 0 Å². The molecule has 0 atom stereocenters. The Kier molecular flexibility index (Phi) is 3.45. The Morgan fingerprint density at radius 2 is 1.81 bits per heavy atom. The van der Waals surface area contributed by atoms with Crippen molar-refractivity contribution >= 4 is 39.1 Å². The van der Waals surface area contributed by atoms with E-state index in [-0.39, 0.29) is 23.9 Å². The van der Waals surface area contributed by atoms with Gasteiger partial charge in [-0.3, -0.25) is 9.59 Å². The monoisotopic (exact) mass is 300 g/mol. The summed E-state index contributed by atoms with van der Waals surface area (Å²) in [5, 5.41) is 0.643. The SMILES string of the molecule is O=C1CC(=O)CC(c2ccc(Cl)cc2Br)C1. The summed E-state index contributed by atoms with van der Waals surface area (Å²) in [5.74, 6) is 0.0617. The van der Waals surface area contributed by atoms with E-state index in [1.807, 2.05) is 6.07 Å². The summed E-state index contributed by atoms with van der Waals surface area (Å²) >= 11 is 9.26. The van der Waals surface area contributed by atoms with Crippen LogP contribution in [0.3, 0.4) is 0 Å². The number of benzene rings is 1. The van der Waals surface area contributed by atoms with Gasteiger partial charge in [0.05, 0.1) is 6.42 Å². The first-order valence-electron chi connectivity index (χ1n) is 5.04. The molecule has 2 rings (SSSR count). The van der Waals surface area contributed by atoms with E-state index >= 15 is 0 Å². The summed E-state index contributed by atoms with van der Waals surface area (Å²) < 4.78 is 0.868. The van der Waals surface area contributed by atoms with Crippen LogP contribution in [0.25, 0.3) is 0 Å². The van der Waals surface area contributed by atoms with Crippen LogP contribution in [0.2, 0.25) is 5.02 Å². The summed E-state index contributed by atoms with van der Waals surface area (Å²) in [5.41, 5.74) is 0.991. The van der Waals surface area contributed by atoms with E-state index in [0.717, 1.165) is 10.0 Å². The molecular weight excluding hydrogens is 291 g/mol. The zero-order chi connectivity index (χ0) is 11.7. The van der Waals surface area contributed by atoms with Crippen molar-refractivity contribution in [1.29, 1.82) is 0 Å². The van der Waals surface area contributed by atoms with Gasteiger partial charge < -0.3 is 0 Å². The molecule has 0 aliphatic heterocycles. The number of halogens is 2. The third kappa shape index (κ3) is 2.53. The van der Waals surface area contributed by atoms with E-state index in [2.05, 4.69) is 15.9 Å². The molecule has 0 N–H and O–H groups in total. The highest BCUT2D eigenvalue weighted by Gasteiger charge is 2.27. The number of hydrogen-bond donors (Lipinski definition) is 0. The van der Waals surface area contributed by atoms with E-state index in [4.69, 9.17) is 11.6 Å². The van der Waals surface area contributed by atoms with Gasteiger partial charge >= 0.3 is 0 Å². The lowest BCUT2D eigenvalue weighted by Gasteiger charge is -2.21. The lowest BCUT2D eigenvalue weighted by atomic mass is 9.83. The normalized spacial score (nSPS) is 17.9. The minimum Gasteiger partial charge on any atom is -0.299 e. The lowest BCUT2D eigenvalue weighted by Crippen LogP contribution is -2.21. The Balaban J connectivity index is 2.29. The van der Waals surface area contributed by atoms with E-state index in [9.17, 15) is 9.59 Å². The first-order valence-corrected chi connectivity index (χ1v) is 6.21. The quantitative estimate of drug-likeness (QED) is 0.744. The molecule has 1 saturated carbocycles. The standard InChI is InChI=1S/C12H10BrClO2/c13-12-5-8(14)1-2-11(12)7-3-9(15)6-10(16)4-7/h1-2,5,7H,3-4,6H2. The Morgan fingerprint density at radius 3 is 2.38 bits per heavy atom. The maximum atomic E-state index is 11.4. The largest absolute Gasteiger partial charge is 0.299 e. The molecule has 0 saturated heterocycles. The minimum absolute atomic E-state index is 0.000363. The Bertz CT molecular complexity index is 440. The number of Topliss-reactive ketones (excluding diaryl/α,β-unsaturated/α-hetero) is 2. The zero-order valence-electron chi connectivity index (χ0n) is 8.50. The molecule has 0 radical (unpaired) electrons. The summed E-state index contributed by atoms with van der Waals surface area (Å²) in [6.45, 7) is 0. The van der Waals surface area contributed by atoms with Crippen LogP contribution < -0.4 is 0 Å². The zero-order valence-corrected chi connectivity index (χ0v) is 10.8. The van der Waals surface area contributed by atoms with Crippen molar-refractivity contribution in [2.45, 2.75) is 25.2 Å². The Labute approximate surface area is 107 Å². The van der Waals surface area contributed by atoms with Crippen LogP contribution in [0.1, 0.15) is 30.7 Å². The van der Waals surface area contributed by atoms with E-state index in [1.165, 1.54) is 0 Å². The number of carbonyl (C=O) groups is 2. The number of rotatable bonds is 1. The Hall–Kier alpha value is -0.670. The van der Waals surface area contributed by atoms with Gasteiger partial charge in [-0.2, -0.15) is 0 Å². The fourth-order valence-electron chi connectivity index (χ4n) is 2.04. The third-order valence-electron chi connectivity index (χ3n) is 2.74. The Morgan fingerprint density at radius 1 is 1.19 bits per heavy atom. The average Bonchev–Trinajstić information content (AvgIpc) is 2.15. The second-order valence-electron chi connectivity index (χ2n) is 4.03. The third-order valence-corrected chi connectivity index (χ3v) is 3.67. The maximum Gasteiger partial charge on any atom is 0.140 e. The van der Waals surface area contributed by atoms with Gasteiger partial charge in [-0.1, -0.05) is 33.6 Å². The molecule has 1 aromatic carbocycles. The summed E-state index contributed by atoms with van der Waals surface area (Å²) in [4.78, 5) is 22.7. The molecule has 1 aromatic rings. The van der Waals surface area contributed by atoms with Crippen molar-refractivity contribution in [3.8, 4) is 0 Å². The summed E-state index contributed by atoms with van der Waals surface area (Å²) in [6, 6.07) is 5.45. The fraction of sp³-hybridized carbons (Fsp3) is 0.333. The molecule has 0 amide bonds. The highest BCUT2D eigenvalue weighted by Crippen LogP contribution is 2.35. The molecule has 0 spiro atoms. The predicted molar refractivity (Wildman–Crippen MR) is 65.8 cm³/mol. The van der Waals surface area contributed by atoms with E-state index < -0.39 is 0 Å². The lowest BCUT2D eigenvalue weighted by molar-refractivity contribution is -0.130. The molecule has 1 aliphatic rings. The van der Waals surface area contributed by atoms with Gasteiger partial charge in [-0.25, -0.2) is 0 Å². The predicted octanol–water partition coefficient (Wildman–Crippen LogP) is 3.51. The van der Waals surface area contributed by atoms with Crippen LogP contribution in [0, 0.1) is 0 Å². The van der Waals surface area contributed by atoms with E-state index in [1.54, 1.807) is 12.1 Å². The molecule has 1 aliphatic carbocycles. The van der Waals surface area contributed by atoms with Crippen molar-refractivity contribution in [2.75, 3.05) is 0 Å². The van der Waals surface area contributed by atoms with Gasteiger partial charge in [0.25, 0.3) is 0 Å². The molecule has 84 valence electrons. The van der Waals surface area contributed by atoms with Crippen molar-refractivity contribution in [2.24, 2.45) is 0 Å². The molecule has 16 heavy (non-hydrogen) atoms. The van der Waals surface area contributed by atoms with Gasteiger partial charge in [0, 0.05) is 22.3 Å². The van der Waals surface area contributed by atoms with Crippen LogP contribution in [-0.2, 0) is 9.59 Å². The fourth-order valence-corrected chi connectivity index (χ4v) is 3.04. The number of carbonyl (C=O) groups excluding carboxylic acids is 2. The maximum absolute atomic E-state index is 11.4. The van der Waals surface area contributed by atoms with Crippen LogP contribution in [0.15, 0.2) is 22.7 Å². The van der Waals surface area contributed by atoms with Crippen molar-refractivity contribution in [1.82, 2.24) is 0 Å².